The van der Waals surface area contributed by atoms with Crippen molar-refractivity contribution in [2.24, 2.45) is 5.92 Å². The number of nitrogens with zero attached hydrogens (tertiary/aromatic N) is 12. The second-order valence-corrected chi connectivity index (χ2v) is 23.0. The number of fused-ring (bicyclic) bond motifs is 1. The van der Waals surface area contributed by atoms with Gasteiger partial charge in [-0.3, -0.25) is 14.5 Å². The second kappa shape index (κ2) is 21.2. The van der Waals surface area contributed by atoms with Gasteiger partial charge in [-0.15, -0.1) is 22.7 Å². The van der Waals surface area contributed by atoms with Gasteiger partial charge < -0.3 is 40.3 Å². The smallest absolute Gasteiger partial charge is 0.253 e. The summed E-state index contributed by atoms with van der Waals surface area (Å²) in [6, 6.07) is 4.44. The zero-order valence-electron chi connectivity index (χ0n) is 42.9. The molecule has 20 nitrogen and oxygen atoms in total. The fourth-order valence-electron chi connectivity index (χ4n) is 11.7. The number of rotatable bonds is 13. The SMILES string of the molecule is Cc1ncsc1-c1cc(O)c([C@H](C)NC(=O)[C@@H]2C[C@@H](O)CN2C(=O)[C@H](C(C)C)n2cc(OC3CCC(N4CCCN(c5nccc(-c6noc([C@@]7(C)CCCc8sc(N)c(C#N)c87)n6)n5)[C@@H](C)C4)CC3)nn2)cc1F. The van der Waals surface area contributed by atoms with E-state index in [1.165, 1.54) is 44.4 Å². The topological polar surface area (TPSA) is 264 Å². The van der Waals surface area contributed by atoms with E-state index in [-0.39, 0.29) is 47.9 Å². The molecule has 0 spiro atoms. The van der Waals surface area contributed by atoms with Gasteiger partial charge in [0.25, 0.3) is 5.88 Å². The molecule has 2 saturated heterocycles. The predicted octanol–water partition coefficient (Wildman–Crippen LogP) is 6.88. The Morgan fingerprint density at radius 2 is 1.91 bits per heavy atom. The van der Waals surface area contributed by atoms with Gasteiger partial charge >= 0.3 is 0 Å². The molecule has 3 fully saturated rings. The number of nitrogen functional groups attached to an aromatic ring is 1. The number of hydrogen-bond acceptors (Lipinski definition) is 19. The fraction of sp³-hybridized carbons (Fsp3) is 0.538. The minimum absolute atomic E-state index is 0.00928. The first-order valence-corrected chi connectivity index (χ1v) is 27.5. The summed E-state index contributed by atoms with van der Waals surface area (Å²) in [5.74, 6) is -0.230. The Labute approximate surface area is 442 Å². The molecule has 0 radical (unpaired) electrons. The number of aryl methyl sites for hydroxylation is 2. The van der Waals surface area contributed by atoms with E-state index in [9.17, 15) is 25.1 Å². The number of aromatic nitrogens is 8. The average Bonchev–Trinajstić information content (AvgIpc) is 4.25. The Hall–Kier alpha value is -6.61. The monoisotopic (exact) mass is 1060 g/mol. The molecular formula is C52H63FN14O6S2. The van der Waals surface area contributed by atoms with E-state index in [0.29, 0.717) is 56.4 Å². The molecule has 5 aromatic heterocycles. The number of aliphatic hydroxyl groups is 1. The summed E-state index contributed by atoms with van der Waals surface area (Å²) < 4.78 is 29.2. The highest BCUT2D eigenvalue weighted by atomic mass is 32.1. The zero-order valence-corrected chi connectivity index (χ0v) is 44.6. The van der Waals surface area contributed by atoms with Crippen molar-refractivity contribution in [3.8, 4) is 39.7 Å². The largest absolute Gasteiger partial charge is 0.508 e. The number of nitriles is 1. The number of carbonyl (C=O) groups is 2. The number of carbonyl (C=O) groups excluding carboxylic acids is 2. The quantitative estimate of drug-likeness (QED) is 0.0918. The summed E-state index contributed by atoms with van der Waals surface area (Å²) in [4.78, 5) is 54.8. The molecule has 5 N–H and O–H groups in total. The Balaban J connectivity index is 0.733. The Kier molecular flexibility index (Phi) is 14.7. The van der Waals surface area contributed by atoms with Crippen LogP contribution in [0.3, 0.4) is 0 Å². The van der Waals surface area contributed by atoms with E-state index in [1.807, 2.05) is 20.8 Å². The standard InChI is InChI=1S/C52H63FN14O6S2/c1-27(2)44(49(71)66-24-32(68)19-39(66)48(70)58-29(4)34-20-37(53)35(21-40(34)69)45-30(5)57-26-74-45)67-25-42(61-63-67)72-33-12-10-31(11-13-33)64-17-8-18-65(28(3)23-64)51-56-16-14-38(59-51)47-60-50(73-62-47)52(6)15-7-9-41-43(52)36(22-54)46(55)75-41/h14,16,20-21,25-29,31-33,39,44,68-69H,7-13,15,17-19,23-24,55H2,1-6H3,(H,58,70)/t28-,29-,31?,32+,33?,39-,44-,52-/m0/s1. The number of halogens is 1. The van der Waals surface area contributed by atoms with Gasteiger partial charge in [0.05, 0.1) is 45.4 Å². The normalized spacial score (nSPS) is 24.1. The van der Waals surface area contributed by atoms with Crippen molar-refractivity contribution in [3.05, 3.63) is 75.1 Å². The van der Waals surface area contributed by atoms with E-state index in [1.54, 1.807) is 37.8 Å². The summed E-state index contributed by atoms with van der Waals surface area (Å²) in [5.41, 5.74) is 10.2. The number of ether oxygens (including phenoxy) is 1. The van der Waals surface area contributed by atoms with Crippen molar-refractivity contribution in [2.45, 2.75) is 147 Å². The zero-order chi connectivity index (χ0) is 52.9. The summed E-state index contributed by atoms with van der Waals surface area (Å²) in [6.45, 7) is 13.9. The van der Waals surface area contributed by atoms with Crippen molar-refractivity contribution >= 4 is 45.4 Å². The highest BCUT2D eigenvalue weighted by Gasteiger charge is 2.45. The van der Waals surface area contributed by atoms with Crippen LogP contribution >= 0.6 is 22.7 Å². The van der Waals surface area contributed by atoms with Crippen molar-refractivity contribution < 1.29 is 33.5 Å². The van der Waals surface area contributed by atoms with Gasteiger partial charge in [-0.25, -0.2) is 24.0 Å². The first-order chi connectivity index (χ1) is 36.0. The lowest BCUT2D eigenvalue weighted by molar-refractivity contribution is -0.142. The third kappa shape index (κ3) is 10.2. The number of phenols is 1. The van der Waals surface area contributed by atoms with E-state index in [0.717, 1.165) is 81.4 Å². The molecule has 10 rings (SSSR count). The molecule has 2 amide bonds. The molecule has 1 saturated carbocycles. The number of thiophene rings is 1. The highest BCUT2D eigenvalue weighted by molar-refractivity contribution is 7.16. The number of nitrogens with two attached hydrogens (primary N) is 1. The van der Waals surface area contributed by atoms with E-state index >= 15 is 4.39 Å². The van der Waals surface area contributed by atoms with Gasteiger partial charge in [0.2, 0.25) is 29.5 Å². The van der Waals surface area contributed by atoms with E-state index < -0.39 is 47.3 Å². The number of aromatic hydroxyl groups is 1. The van der Waals surface area contributed by atoms with Crippen LogP contribution in [0.15, 0.2) is 40.6 Å². The molecule has 2 aliphatic carbocycles. The number of amides is 2. The van der Waals surface area contributed by atoms with E-state index in [2.05, 4.69) is 48.6 Å². The van der Waals surface area contributed by atoms with Crippen LogP contribution in [0.25, 0.3) is 22.0 Å². The molecular weight excluding hydrogens is 1000 g/mol. The highest BCUT2D eigenvalue weighted by Crippen LogP contribution is 2.49. The van der Waals surface area contributed by atoms with Crippen LogP contribution in [0.2, 0.25) is 0 Å². The number of thiazole rings is 1. The van der Waals surface area contributed by atoms with Crippen LogP contribution in [0.4, 0.5) is 15.3 Å². The number of anilines is 2. The summed E-state index contributed by atoms with van der Waals surface area (Å²) in [7, 11) is 0. The number of hydrogen-bond donors (Lipinski definition) is 4. The maximum atomic E-state index is 15.4. The molecule has 6 aromatic rings. The molecule has 7 heterocycles. The van der Waals surface area contributed by atoms with Crippen molar-refractivity contribution in [1.29, 1.82) is 5.26 Å². The van der Waals surface area contributed by atoms with Crippen LogP contribution in [0.5, 0.6) is 11.6 Å². The Bertz CT molecular complexity index is 3110. The van der Waals surface area contributed by atoms with Gasteiger partial charge in [-0.05, 0) is 103 Å². The molecule has 6 atom stereocenters. The van der Waals surface area contributed by atoms with E-state index in [4.69, 9.17) is 29.9 Å². The summed E-state index contributed by atoms with van der Waals surface area (Å²) in [5, 5.41) is 48.0. The van der Waals surface area contributed by atoms with Crippen LogP contribution in [-0.2, 0) is 21.4 Å². The fourth-order valence-corrected chi connectivity index (χ4v) is 13.7. The van der Waals surface area contributed by atoms with Crippen LogP contribution in [0, 0.1) is 30.0 Å². The van der Waals surface area contributed by atoms with Crippen LogP contribution in [0.1, 0.15) is 131 Å². The molecule has 1 aromatic carbocycles. The molecule has 4 aliphatic rings. The first kappa shape index (κ1) is 51.9. The number of benzene rings is 1. The minimum Gasteiger partial charge on any atom is -0.508 e. The van der Waals surface area contributed by atoms with Gasteiger partial charge in [0.1, 0.15) is 46.5 Å². The first-order valence-electron chi connectivity index (χ1n) is 25.8. The summed E-state index contributed by atoms with van der Waals surface area (Å²) in [6.07, 6.45) is 9.32. The Morgan fingerprint density at radius 3 is 2.65 bits per heavy atom. The number of aliphatic hydroxyl groups excluding tert-OH is 1. The number of phenolic OH excluding ortho intramolecular Hbond substituents is 1. The summed E-state index contributed by atoms with van der Waals surface area (Å²) >= 11 is 2.73. The number of nitrogens with one attached hydrogen (secondary N) is 1. The lowest BCUT2D eigenvalue weighted by atomic mass is 9.72. The number of likely N-dealkylation sites (tertiary alicyclic amines) is 1. The van der Waals surface area contributed by atoms with Gasteiger partial charge in [0.15, 0.2) is 0 Å². The van der Waals surface area contributed by atoms with Crippen molar-refractivity contribution in [2.75, 3.05) is 36.8 Å². The molecule has 396 valence electrons. The predicted molar refractivity (Wildman–Crippen MR) is 278 cm³/mol. The molecule has 75 heavy (non-hydrogen) atoms. The number of β-amino-alcohol motifs (C(OH)–C–C–N with tert-alkyl or cyclic N) is 1. The van der Waals surface area contributed by atoms with Crippen LogP contribution in [-0.4, -0.2) is 128 Å². The third-order valence-electron chi connectivity index (χ3n) is 15.6. The Morgan fingerprint density at radius 1 is 1.11 bits per heavy atom. The average molecular weight is 1060 g/mol. The van der Waals surface area contributed by atoms with Gasteiger partial charge in [-0.1, -0.05) is 29.3 Å². The maximum Gasteiger partial charge on any atom is 0.253 e. The van der Waals surface area contributed by atoms with Gasteiger partial charge in [-0.2, -0.15) is 10.2 Å². The van der Waals surface area contributed by atoms with Crippen LogP contribution < -0.4 is 20.7 Å². The minimum atomic E-state index is -1.02. The molecule has 0 bridgehead atoms. The van der Waals surface area contributed by atoms with Gasteiger partial charge in [0, 0.05) is 72.4 Å². The third-order valence-corrected chi connectivity index (χ3v) is 17.6. The van der Waals surface area contributed by atoms with Crippen molar-refractivity contribution in [3.63, 3.8) is 0 Å². The molecule has 23 heteroatoms. The lowest BCUT2D eigenvalue weighted by Gasteiger charge is -2.37. The molecule has 2 aliphatic heterocycles. The maximum absolute atomic E-state index is 15.4. The molecule has 0 unspecified atom stereocenters. The van der Waals surface area contributed by atoms with Crippen molar-refractivity contribution in [1.82, 2.24) is 55.2 Å². The second-order valence-electron chi connectivity index (χ2n) is 21.1. The lowest BCUT2D eigenvalue weighted by Crippen LogP contribution is -2.49.